The van der Waals surface area contributed by atoms with E-state index in [1.54, 1.807) is 6.08 Å². The Morgan fingerprint density at radius 2 is 2.18 bits per heavy atom. The molecule has 1 aromatic carbocycles. The minimum absolute atomic E-state index is 0.0515. The highest BCUT2D eigenvalue weighted by atomic mass is 16.5. The Labute approximate surface area is 101 Å². The number of carbonyl (C=O) groups is 1. The van der Waals surface area contributed by atoms with Crippen molar-refractivity contribution < 1.29 is 9.53 Å². The SMILES string of the molecule is O=C(/C=C/c1ccccc1)N[C@H]1CCCOC1. The molecule has 0 unspecified atom stereocenters. The second-order valence-electron chi connectivity index (χ2n) is 4.17. The van der Waals surface area contributed by atoms with Gasteiger partial charge in [-0.15, -0.1) is 0 Å². The van der Waals surface area contributed by atoms with Gasteiger partial charge in [0.05, 0.1) is 12.6 Å². The molecule has 1 fully saturated rings. The Morgan fingerprint density at radius 3 is 2.88 bits per heavy atom. The molecule has 0 aromatic heterocycles. The maximum absolute atomic E-state index is 11.6. The molecule has 0 aliphatic carbocycles. The van der Waals surface area contributed by atoms with Crippen LogP contribution in [0.2, 0.25) is 0 Å². The molecule has 3 nitrogen and oxygen atoms in total. The lowest BCUT2D eigenvalue weighted by Gasteiger charge is -2.22. The topological polar surface area (TPSA) is 38.3 Å². The summed E-state index contributed by atoms with van der Waals surface area (Å²) in [5.74, 6) is -0.0515. The molecule has 2 rings (SSSR count). The quantitative estimate of drug-likeness (QED) is 0.808. The van der Waals surface area contributed by atoms with Gasteiger partial charge in [0.2, 0.25) is 5.91 Å². The zero-order valence-electron chi connectivity index (χ0n) is 9.76. The molecule has 1 amide bonds. The Kier molecular flexibility index (Phi) is 4.33. The lowest BCUT2D eigenvalue weighted by molar-refractivity contribution is -0.118. The Hall–Kier alpha value is -1.61. The Bertz CT molecular complexity index is 380. The van der Waals surface area contributed by atoms with Gasteiger partial charge in [-0.1, -0.05) is 30.3 Å². The first kappa shape index (κ1) is 11.9. The summed E-state index contributed by atoms with van der Waals surface area (Å²) in [7, 11) is 0. The number of hydrogen-bond acceptors (Lipinski definition) is 2. The average Bonchev–Trinajstić information content (AvgIpc) is 2.39. The highest BCUT2D eigenvalue weighted by molar-refractivity contribution is 5.91. The standard InChI is InChI=1S/C14H17NO2/c16-14(15-13-7-4-10-17-11-13)9-8-12-5-2-1-3-6-12/h1-3,5-6,8-9,13H,4,7,10-11H2,(H,15,16)/b9-8+/t13-/m0/s1. The molecule has 0 spiro atoms. The molecule has 1 aromatic rings. The van der Waals surface area contributed by atoms with Gasteiger partial charge >= 0.3 is 0 Å². The van der Waals surface area contributed by atoms with E-state index in [1.807, 2.05) is 36.4 Å². The maximum atomic E-state index is 11.6. The van der Waals surface area contributed by atoms with Crippen LogP contribution in [0.4, 0.5) is 0 Å². The van der Waals surface area contributed by atoms with Crippen molar-refractivity contribution in [1.29, 1.82) is 0 Å². The van der Waals surface area contributed by atoms with E-state index in [0.29, 0.717) is 6.61 Å². The zero-order valence-corrected chi connectivity index (χ0v) is 9.76. The number of benzene rings is 1. The summed E-state index contributed by atoms with van der Waals surface area (Å²) in [5, 5.41) is 2.94. The monoisotopic (exact) mass is 231 g/mol. The second-order valence-corrected chi connectivity index (χ2v) is 4.17. The van der Waals surface area contributed by atoms with E-state index in [9.17, 15) is 4.79 Å². The largest absolute Gasteiger partial charge is 0.379 e. The molecule has 1 saturated heterocycles. The van der Waals surface area contributed by atoms with E-state index >= 15 is 0 Å². The van der Waals surface area contributed by atoms with Crippen LogP contribution in [0.5, 0.6) is 0 Å². The predicted octanol–water partition coefficient (Wildman–Crippen LogP) is 2.00. The maximum Gasteiger partial charge on any atom is 0.244 e. The van der Waals surface area contributed by atoms with E-state index in [0.717, 1.165) is 25.0 Å². The summed E-state index contributed by atoms with van der Waals surface area (Å²) in [6.07, 6.45) is 5.42. The molecule has 3 heteroatoms. The molecule has 1 atom stereocenters. The highest BCUT2D eigenvalue weighted by Gasteiger charge is 2.14. The van der Waals surface area contributed by atoms with Gasteiger partial charge in [0.1, 0.15) is 0 Å². The first-order chi connectivity index (χ1) is 8.34. The first-order valence-corrected chi connectivity index (χ1v) is 5.96. The fourth-order valence-electron chi connectivity index (χ4n) is 1.84. The van der Waals surface area contributed by atoms with Crippen molar-refractivity contribution in [3.8, 4) is 0 Å². The molecule has 17 heavy (non-hydrogen) atoms. The normalized spacial score (nSPS) is 20.4. The third kappa shape index (κ3) is 4.04. The third-order valence-electron chi connectivity index (χ3n) is 2.73. The zero-order chi connectivity index (χ0) is 11.9. The van der Waals surface area contributed by atoms with Crippen LogP contribution in [0.25, 0.3) is 6.08 Å². The number of nitrogens with one attached hydrogen (secondary N) is 1. The number of carbonyl (C=O) groups excluding carboxylic acids is 1. The molecular weight excluding hydrogens is 214 g/mol. The van der Waals surface area contributed by atoms with Crippen LogP contribution in [0.3, 0.4) is 0 Å². The molecule has 1 heterocycles. The minimum atomic E-state index is -0.0515. The fourth-order valence-corrected chi connectivity index (χ4v) is 1.84. The lowest BCUT2D eigenvalue weighted by atomic mass is 10.1. The minimum Gasteiger partial charge on any atom is -0.379 e. The number of hydrogen-bond donors (Lipinski definition) is 1. The predicted molar refractivity (Wildman–Crippen MR) is 67.5 cm³/mol. The smallest absolute Gasteiger partial charge is 0.244 e. The van der Waals surface area contributed by atoms with Gasteiger partial charge in [0.15, 0.2) is 0 Å². The molecule has 1 aliphatic rings. The van der Waals surface area contributed by atoms with Crippen molar-refractivity contribution in [3.05, 3.63) is 42.0 Å². The van der Waals surface area contributed by atoms with Crippen LogP contribution in [0.15, 0.2) is 36.4 Å². The third-order valence-corrected chi connectivity index (χ3v) is 2.73. The van der Waals surface area contributed by atoms with Gasteiger partial charge in [0.25, 0.3) is 0 Å². The summed E-state index contributed by atoms with van der Waals surface area (Å²) < 4.78 is 5.31. The summed E-state index contributed by atoms with van der Waals surface area (Å²) in [6, 6.07) is 9.95. The summed E-state index contributed by atoms with van der Waals surface area (Å²) in [4.78, 5) is 11.6. The lowest BCUT2D eigenvalue weighted by Crippen LogP contribution is -2.39. The number of rotatable bonds is 3. The summed E-state index contributed by atoms with van der Waals surface area (Å²) >= 11 is 0. The van der Waals surface area contributed by atoms with E-state index < -0.39 is 0 Å². The van der Waals surface area contributed by atoms with Crippen LogP contribution in [0.1, 0.15) is 18.4 Å². The van der Waals surface area contributed by atoms with Gasteiger partial charge in [0, 0.05) is 12.7 Å². The molecule has 0 saturated carbocycles. The van der Waals surface area contributed by atoms with Gasteiger partial charge in [-0.25, -0.2) is 0 Å². The molecule has 90 valence electrons. The molecule has 0 bridgehead atoms. The van der Waals surface area contributed by atoms with Crippen molar-refractivity contribution in [3.63, 3.8) is 0 Å². The second kappa shape index (κ2) is 6.21. The Morgan fingerprint density at radius 1 is 1.35 bits per heavy atom. The van der Waals surface area contributed by atoms with E-state index in [-0.39, 0.29) is 11.9 Å². The fraction of sp³-hybridized carbons (Fsp3) is 0.357. The van der Waals surface area contributed by atoms with Crippen molar-refractivity contribution in [2.45, 2.75) is 18.9 Å². The van der Waals surface area contributed by atoms with Crippen molar-refractivity contribution >= 4 is 12.0 Å². The van der Waals surface area contributed by atoms with Crippen LogP contribution < -0.4 is 5.32 Å². The highest BCUT2D eigenvalue weighted by Crippen LogP contribution is 2.06. The van der Waals surface area contributed by atoms with Gasteiger partial charge in [-0.3, -0.25) is 4.79 Å². The van der Waals surface area contributed by atoms with Crippen LogP contribution in [-0.4, -0.2) is 25.2 Å². The number of amides is 1. The van der Waals surface area contributed by atoms with Crippen LogP contribution in [-0.2, 0) is 9.53 Å². The van der Waals surface area contributed by atoms with Gasteiger partial charge < -0.3 is 10.1 Å². The summed E-state index contributed by atoms with van der Waals surface area (Å²) in [6.45, 7) is 1.44. The van der Waals surface area contributed by atoms with Gasteiger partial charge in [-0.05, 0) is 24.5 Å². The van der Waals surface area contributed by atoms with Crippen LogP contribution in [0, 0.1) is 0 Å². The van der Waals surface area contributed by atoms with Gasteiger partial charge in [-0.2, -0.15) is 0 Å². The first-order valence-electron chi connectivity index (χ1n) is 5.96. The molecular formula is C14H17NO2. The molecule has 1 aliphatic heterocycles. The number of ether oxygens (including phenoxy) is 1. The molecule has 1 N–H and O–H groups in total. The summed E-state index contributed by atoms with van der Waals surface area (Å²) in [5.41, 5.74) is 1.03. The van der Waals surface area contributed by atoms with Crippen molar-refractivity contribution in [2.75, 3.05) is 13.2 Å². The molecule has 0 radical (unpaired) electrons. The van der Waals surface area contributed by atoms with E-state index in [4.69, 9.17) is 4.74 Å². The van der Waals surface area contributed by atoms with Crippen molar-refractivity contribution in [1.82, 2.24) is 5.32 Å². The van der Waals surface area contributed by atoms with Crippen molar-refractivity contribution in [2.24, 2.45) is 0 Å². The van der Waals surface area contributed by atoms with E-state index in [2.05, 4.69) is 5.32 Å². The van der Waals surface area contributed by atoms with Crippen LogP contribution >= 0.6 is 0 Å². The van der Waals surface area contributed by atoms with E-state index in [1.165, 1.54) is 0 Å². The average molecular weight is 231 g/mol. The Balaban J connectivity index is 1.82.